The molecule has 1 aromatic carbocycles. The smallest absolute Gasteiger partial charge is 0.329 e. The number of amides is 2. The minimum absolute atomic E-state index is 0.00300. The van der Waals surface area contributed by atoms with Crippen LogP contribution in [0.15, 0.2) is 18.2 Å². The Labute approximate surface area is 205 Å². The summed E-state index contributed by atoms with van der Waals surface area (Å²) in [5.74, 6) is 0.693. The third-order valence-electron chi connectivity index (χ3n) is 8.42. The predicted octanol–water partition coefficient (Wildman–Crippen LogP) is 3.70. The van der Waals surface area contributed by atoms with Crippen LogP contribution in [-0.2, 0) is 19.1 Å². The molecule has 1 aliphatic heterocycles. The third-order valence-corrected chi connectivity index (χ3v) is 8.66. The van der Waals surface area contributed by atoms with E-state index in [0.717, 1.165) is 24.8 Å². The zero-order valence-corrected chi connectivity index (χ0v) is 20.5. The number of halogens is 1. The van der Waals surface area contributed by atoms with Gasteiger partial charge in [0, 0.05) is 23.7 Å². The number of nitrogens with one attached hydrogen (secondary N) is 1. The number of β-amino-alcohol motifs (C(OH)–C–C–N with tert-alkyl or cyclic N) is 1. The molecule has 6 rings (SSSR count). The summed E-state index contributed by atoms with van der Waals surface area (Å²) in [5.41, 5.74) is 0.989. The van der Waals surface area contributed by atoms with E-state index in [0.29, 0.717) is 28.5 Å². The molecular formula is C26H33ClN2O5. The van der Waals surface area contributed by atoms with Crippen LogP contribution in [0, 0.1) is 30.1 Å². The van der Waals surface area contributed by atoms with Crippen LogP contribution in [0.2, 0.25) is 5.02 Å². The van der Waals surface area contributed by atoms with Gasteiger partial charge in [-0.05, 0) is 87.8 Å². The number of aryl methyl sites for hydroxylation is 1. The Hall–Kier alpha value is -2.12. The number of ether oxygens (including phenoxy) is 1. The second kappa shape index (κ2) is 8.83. The van der Waals surface area contributed by atoms with Crippen LogP contribution in [0.3, 0.4) is 0 Å². The SMILES string of the molecule is Cc1ccc(Cl)cc1NC(=O)[C@H](C)OC(=O)[C@H]1C[C@H](O)CN1C(=O)C12CC3CC(CC(C3)C1)C2. The summed E-state index contributed by atoms with van der Waals surface area (Å²) in [6, 6.07) is 4.31. The molecule has 4 aliphatic carbocycles. The topological polar surface area (TPSA) is 95.9 Å². The van der Waals surface area contributed by atoms with Gasteiger partial charge in [0.25, 0.3) is 5.91 Å². The van der Waals surface area contributed by atoms with E-state index >= 15 is 0 Å². The Bertz CT molecular complexity index is 976. The van der Waals surface area contributed by atoms with Crippen LogP contribution < -0.4 is 5.32 Å². The molecular weight excluding hydrogens is 456 g/mol. The van der Waals surface area contributed by atoms with Crippen molar-refractivity contribution in [2.24, 2.45) is 23.2 Å². The molecule has 4 saturated carbocycles. The van der Waals surface area contributed by atoms with E-state index in [1.165, 1.54) is 26.2 Å². The first-order valence-corrected chi connectivity index (χ1v) is 12.8. The lowest BCUT2D eigenvalue weighted by molar-refractivity contribution is -0.168. The number of likely N-dealkylation sites (tertiary alicyclic amines) is 1. The van der Waals surface area contributed by atoms with Gasteiger partial charge in [0.1, 0.15) is 6.04 Å². The largest absolute Gasteiger partial charge is 0.451 e. The van der Waals surface area contributed by atoms with Crippen LogP contribution in [0.5, 0.6) is 0 Å². The first-order valence-electron chi connectivity index (χ1n) is 12.4. The summed E-state index contributed by atoms with van der Waals surface area (Å²) in [4.78, 5) is 41.1. The molecule has 0 aromatic heterocycles. The number of aliphatic hydroxyl groups is 1. The van der Waals surface area contributed by atoms with Gasteiger partial charge >= 0.3 is 5.97 Å². The molecule has 2 amide bonds. The molecule has 1 heterocycles. The van der Waals surface area contributed by atoms with Crippen LogP contribution >= 0.6 is 11.6 Å². The van der Waals surface area contributed by atoms with Gasteiger partial charge in [0.15, 0.2) is 6.10 Å². The van der Waals surface area contributed by atoms with Crippen LogP contribution in [0.1, 0.15) is 57.4 Å². The van der Waals surface area contributed by atoms with Crippen molar-refractivity contribution >= 4 is 35.1 Å². The number of carbonyl (C=O) groups excluding carboxylic acids is 3. The summed E-state index contributed by atoms with van der Waals surface area (Å²) in [6.07, 6.45) is 4.66. The normalized spacial score (nSPS) is 34.7. The van der Waals surface area contributed by atoms with Gasteiger partial charge in [0.2, 0.25) is 5.91 Å². The molecule has 7 nitrogen and oxygen atoms in total. The summed E-state index contributed by atoms with van der Waals surface area (Å²) in [6.45, 7) is 3.49. The number of carbonyl (C=O) groups is 3. The molecule has 2 N–H and O–H groups in total. The Kier molecular flexibility index (Phi) is 6.13. The minimum Gasteiger partial charge on any atom is -0.451 e. The highest BCUT2D eigenvalue weighted by molar-refractivity contribution is 6.31. The molecule has 0 unspecified atom stereocenters. The van der Waals surface area contributed by atoms with E-state index in [2.05, 4.69) is 5.32 Å². The van der Waals surface area contributed by atoms with Crippen molar-refractivity contribution in [3.05, 3.63) is 28.8 Å². The fraction of sp³-hybridized carbons (Fsp3) is 0.654. The van der Waals surface area contributed by atoms with Crippen LogP contribution in [0.25, 0.3) is 0 Å². The molecule has 8 heteroatoms. The van der Waals surface area contributed by atoms with Gasteiger partial charge in [-0.25, -0.2) is 4.79 Å². The molecule has 4 bridgehead atoms. The fourth-order valence-corrected chi connectivity index (χ4v) is 7.38. The van der Waals surface area contributed by atoms with Crippen molar-refractivity contribution in [2.45, 2.75) is 77.0 Å². The summed E-state index contributed by atoms with van der Waals surface area (Å²) < 4.78 is 5.50. The number of aliphatic hydroxyl groups excluding tert-OH is 1. The first kappa shape index (κ1) is 23.6. The number of anilines is 1. The zero-order chi connectivity index (χ0) is 24.2. The monoisotopic (exact) mass is 488 g/mol. The Morgan fingerprint density at radius 2 is 1.74 bits per heavy atom. The van der Waals surface area contributed by atoms with Crippen molar-refractivity contribution in [2.75, 3.05) is 11.9 Å². The molecule has 3 atom stereocenters. The molecule has 34 heavy (non-hydrogen) atoms. The van der Waals surface area contributed by atoms with Crippen LogP contribution in [0.4, 0.5) is 5.69 Å². The van der Waals surface area contributed by atoms with Gasteiger partial charge in [-0.1, -0.05) is 17.7 Å². The summed E-state index contributed by atoms with van der Waals surface area (Å²) in [7, 11) is 0. The van der Waals surface area contributed by atoms with Gasteiger partial charge in [-0.15, -0.1) is 0 Å². The number of hydrogen-bond donors (Lipinski definition) is 2. The number of hydrogen-bond acceptors (Lipinski definition) is 5. The van der Waals surface area contributed by atoms with Gasteiger partial charge in [0.05, 0.1) is 11.5 Å². The second-order valence-corrected chi connectivity index (χ2v) is 11.5. The van der Waals surface area contributed by atoms with Crippen molar-refractivity contribution in [1.29, 1.82) is 0 Å². The van der Waals surface area contributed by atoms with E-state index in [1.807, 2.05) is 6.92 Å². The Balaban J connectivity index is 1.26. The third kappa shape index (κ3) is 4.33. The predicted molar refractivity (Wildman–Crippen MR) is 127 cm³/mol. The number of nitrogens with zero attached hydrogens (tertiary/aromatic N) is 1. The maximum Gasteiger partial charge on any atom is 0.329 e. The standard InChI is InChI=1S/C26H33ClN2O5/c1-14-3-4-19(27)8-21(14)28-23(31)15(2)34-24(32)22-9-20(30)13-29(22)25(33)26-10-16-5-17(11-26)7-18(6-16)12-26/h3-4,8,15-18,20,22,30H,5-7,9-13H2,1-2H3,(H,28,31)/t15-,16?,17?,18?,20-,22+,26?/m0/s1. The van der Waals surface area contributed by atoms with E-state index in [9.17, 15) is 19.5 Å². The number of esters is 1. The summed E-state index contributed by atoms with van der Waals surface area (Å²) >= 11 is 6.02. The quantitative estimate of drug-likeness (QED) is 0.616. The highest BCUT2D eigenvalue weighted by Gasteiger charge is 2.57. The van der Waals surface area contributed by atoms with Gasteiger partial charge in [-0.2, -0.15) is 0 Å². The minimum atomic E-state index is -1.06. The molecule has 1 saturated heterocycles. The number of rotatable bonds is 5. The van der Waals surface area contributed by atoms with E-state index in [4.69, 9.17) is 16.3 Å². The van der Waals surface area contributed by atoms with E-state index in [-0.39, 0.29) is 18.9 Å². The highest BCUT2D eigenvalue weighted by Crippen LogP contribution is 2.60. The Morgan fingerprint density at radius 1 is 1.12 bits per heavy atom. The van der Waals surface area contributed by atoms with Crippen molar-refractivity contribution in [3.8, 4) is 0 Å². The lowest BCUT2D eigenvalue weighted by Gasteiger charge is -2.56. The van der Waals surface area contributed by atoms with Crippen molar-refractivity contribution in [1.82, 2.24) is 4.90 Å². The maximum absolute atomic E-state index is 13.8. The Morgan fingerprint density at radius 3 is 2.35 bits per heavy atom. The average Bonchev–Trinajstić information content (AvgIpc) is 3.16. The zero-order valence-electron chi connectivity index (χ0n) is 19.8. The lowest BCUT2D eigenvalue weighted by atomic mass is 9.49. The second-order valence-electron chi connectivity index (χ2n) is 11.1. The van der Waals surface area contributed by atoms with Crippen molar-refractivity contribution in [3.63, 3.8) is 0 Å². The molecule has 5 aliphatic rings. The lowest BCUT2D eigenvalue weighted by Crippen LogP contribution is -2.56. The highest BCUT2D eigenvalue weighted by atomic mass is 35.5. The maximum atomic E-state index is 13.8. The molecule has 1 aromatic rings. The van der Waals surface area contributed by atoms with Gasteiger partial charge < -0.3 is 20.1 Å². The molecule has 184 valence electrons. The van der Waals surface area contributed by atoms with Gasteiger partial charge in [-0.3, -0.25) is 9.59 Å². The van der Waals surface area contributed by atoms with Crippen LogP contribution in [-0.4, -0.2) is 52.6 Å². The summed E-state index contributed by atoms with van der Waals surface area (Å²) in [5, 5.41) is 13.6. The average molecular weight is 489 g/mol. The molecule has 0 spiro atoms. The molecule has 0 radical (unpaired) electrons. The first-order chi connectivity index (χ1) is 16.1. The molecule has 5 fully saturated rings. The van der Waals surface area contributed by atoms with E-state index < -0.39 is 35.5 Å². The fourth-order valence-electron chi connectivity index (χ4n) is 7.21. The van der Waals surface area contributed by atoms with Crippen molar-refractivity contribution < 1.29 is 24.2 Å². The van der Waals surface area contributed by atoms with E-state index in [1.54, 1.807) is 23.1 Å². The number of benzene rings is 1.